The average Bonchev–Trinajstić information content (AvgIpc) is 2.66. The molecule has 0 aliphatic carbocycles. The molecule has 0 unspecified atom stereocenters. The summed E-state index contributed by atoms with van der Waals surface area (Å²) < 4.78 is 15.8. The highest BCUT2D eigenvalue weighted by Gasteiger charge is 2.14. The molecule has 6 nitrogen and oxygen atoms in total. The molecule has 1 N–H and O–H groups in total. The first kappa shape index (κ1) is 18.9. The van der Waals surface area contributed by atoms with E-state index in [0.717, 1.165) is 5.56 Å². The van der Waals surface area contributed by atoms with E-state index in [1.807, 2.05) is 25.1 Å². The Labute approximate surface area is 152 Å². The van der Waals surface area contributed by atoms with Gasteiger partial charge in [0.2, 0.25) is 0 Å². The van der Waals surface area contributed by atoms with Gasteiger partial charge in [-0.2, -0.15) is 5.26 Å². The maximum absolute atomic E-state index is 12.4. The standard InChI is InChI=1S/C20H20N2O4/c1-13-5-7-16(8-6-13)22-20(23)15(12-21)9-14-10-18(25-3)19(26-4)11-17(14)24-2/h5-11H,1-4H3,(H,22,23)/b15-9-. The van der Waals surface area contributed by atoms with Crippen LogP contribution >= 0.6 is 0 Å². The molecule has 0 aliphatic rings. The smallest absolute Gasteiger partial charge is 0.266 e. The van der Waals surface area contributed by atoms with Crippen molar-refractivity contribution in [2.75, 3.05) is 26.6 Å². The van der Waals surface area contributed by atoms with E-state index >= 15 is 0 Å². The molecular weight excluding hydrogens is 332 g/mol. The Morgan fingerprint density at radius 2 is 1.58 bits per heavy atom. The van der Waals surface area contributed by atoms with Gasteiger partial charge in [0.25, 0.3) is 5.91 Å². The normalized spacial score (nSPS) is 10.7. The number of hydrogen-bond acceptors (Lipinski definition) is 5. The summed E-state index contributed by atoms with van der Waals surface area (Å²) in [5, 5.41) is 12.1. The monoisotopic (exact) mass is 352 g/mol. The third kappa shape index (κ3) is 4.33. The van der Waals surface area contributed by atoms with Crippen LogP contribution in [-0.2, 0) is 4.79 Å². The lowest BCUT2D eigenvalue weighted by Crippen LogP contribution is -2.13. The number of ether oxygens (including phenoxy) is 3. The predicted molar refractivity (Wildman–Crippen MR) is 99.5 cm³/mol. The molecule has 26 heavy (non-hydrogen) atoms. The van der Waals surface area contributed by atoms with Crippen molar-refractivity contribution in [3.63, 3.8) is 0 Å². The number of aryl methyl sites for hydroxylation is 1. The van der Waals surface area contributed by atoms with E-state index in [1.165, 1.54) is 27.4 Å². The lowest BCUT2D eigenvalue weighted by molar-refractivity contribution is -0.112. The van der Waals surface area contributed by atoms with Crippen LogP contribution in [0.15, 0.2) is 42.0 Å². The minimum atomic E-state index is -0.506. The molecule has 2 aromatic rings. The summed E-state index contributed by atoms with van der Waals surface area (Å²) in [5.74, 6) is 0.909. The van der Waals surface area contributed by atoms with Crippen LogP contribution in [0.25, 0.3) is 6.08 Å². The van der Waals surface area contributed by atoms with Gasteiger partial charge in [0.1, 0.15) is 17.4 Å². The highest BCUT2D eigenvalue weighted by molar-refractivity contribution is 6.09. The number of benzene rings is 2. The number of anilines is 1. The number of carbonyl (C=O) groups excluding carboxylic acids is 1. The van der Waals surface area contributed by atoms with Crippen LogP contribution in [0.4, 0.5) is 5.69 Å². The third-order valence-corrected chi connectivity index (χ3v) is 3.71. The summed E-state index contributed by atoms with van der Waals surface area (Å²) in [4.78, 5) is 12.4. The second-order valence-corrected chi connectivity index (χ2v) is 5.44. The first-order chi connectivity index (χ1) is 12.5. The molecule has 0 fully saturated rings. The zero-order valence-electron chi connectivity index (χ0n) is 15.1. The van der Waals surface area contributed by atoms with Crippen LogP contribution in [0.2, 0.25) is 0 Å². The Morgan fingerprint density at radius 3 is 2.12 bits per heavy atom. The summed E-state index contributed by atoms with van der Waals surface area (Å²) in [6.07, 6.45) is 1.45. The fourth-order valence-electron chi connectivity index (χ4n) is 2.31. The maximum Gasteiger partial charge on any atom is 0.266 e. The van der Waals surface area contributed by atoms with Crippen LogP contribution < -0.4 is 19.5 Å². The second-order valence-electron chi connectivity index (χ2n) is 5.44. The van der Waals surface area contributed by atoms with Crippen LogP contribution in [0, 0.1) is 18.3 Å². The number of nitrogens with one attached hydrogen (secondary N) is 1. The second kappa shape index (κ2) is 8.58. The molecule has 0 saturated carbocycles. The first-order valence-corrected chi connectivity index (χ1v) is 7.82. The number of rotatable bonds is 6. The summed E-state index contributed by atoms with van der Waals surface area (Å²) in [7, 11) is 4.52. The number of nitriles is 1. The largest absolute Gasteiger partial charge is 0.496 e. The molecule has 2 aromatic carbocycles. The number of nitrogens with zero attached hydrogens (tertiary/aromatic N) is 1. The van der Waals surface area contributed by atoms with Crippen LogP contribution in [0.3, 0.4) is 0 Å². The third-order valence-electron chi connectivity index (χ3n) is 3.71. The Morgan fingerprint density at radius 1 is 1.00 bits per heavy atom. The summed E-state index contributed by atoms with van der Waals surface area (Å²) >= 11 is 0. The van der Waals surface area contributed by atoms with Gasteiger partial charge in [-0.25, -0.2) is 0 Å². The van der Waals surface area contributed by atoms with Gasteiger partial charge in [-0.1, -0.05) is 17.7 Å². The van der Waals surface area contributed by atoms with Gasteiger partial charge >= 0.3 is 0 Å². The Kier molecular flexibility index (Phi) is 6.23. The average molecular weight is 352 g/mol. The molecule has 0 spiro atoms. The molecule has 0 aliphatic heterocycles. The van der Waals surface area contributed by atoms with Gasteiger partial charge < -0.3 is 19.5 Å². The van der Waals surface area contributed by atoms with Crippen molar-refractivity contribution in [1.82, 2.24) is 0 Å². The minimum absolute atomic E-state index is 0.0592. The molecule has 6 heteroatoms. The van der Waals surface area contributed by atoms with Crippen molar-refractivity contribution < 1.29 is 19.0 Å². The first-order valence-electron chi connectivity index (χ1n) is 7.82. The molecule has 0 aromatic heterocycles. The molecule has 0 atom stereocenters. The van der Waals surface area contributed by atoms with Gasteiger partial charge in [-0.3, -0.25) is 4.79 Å². The zero-order chi connectivity index (χ0) is 19.1. The molecule has 0 saturated heterocycles. The topological polar surface area (TPSA) is 80.6 Å². The Hall–Kier alpha value is -3.46. The summed E-state index contributed by atoms with van der Waals surface area (Å²) in [6.45, 7) is 1.95. The van der Waals surface area contributed by atoms with Crippen LogP contribution in [0.5, 0.6) is 17.2 Å². The van der Waals surface area contributed by atoms with Crippen LogP contribution in [-0.4, -0.2) is 27.2 Å². The summed E-state index contributed by atoms with van der Waals surface area (Å²) in [6, 6.07) is 12.5. The lowest BCUT2D eigenvalue weighted by atomic mass is 10.1. The molecule has 0 bridgehead atoms. The van der Waals surface area contributed by atoms with Crippen LogP contribution in [0.1, 0.15) is 11.1 Å². The summed E-state index contributed by atoms with van der Waals surface area (Å²) in [5.41, 5.74) is 2.16. The number of hydrogen-bond donors (Lipinski definition) is 1. The molecule has 0 heterocycles. The minimum Gasteiger partial charge on any atom is -0.496 e. The number of amides is 1. The number of methoxy groups -OCH3 is 3. The van der Waals surface area contributed by atoms with Gasteiger partial charge in [0.05, 0.1) is 21.3 Å². The van der Waals surface area contributed by atoms with Crippen molar-refractivity contribution in [2.24, 2.45) is 0 Å². The van der Waals surface area contributed by atoms with E-state index in [9.17, 15) is 10.1 Å². The molecular formula is C20H20N2O4. The zero-order valence-corrected chi connectivity index (χ0v) is 15.1. The number of carbonyl (C=O) groups is 1. The van der Waals surface area contributed by atoms with E-state index in [4.69, 9.17) is 14.2 Å². The fourth-order valence-corrected chi connectivity index (χ4v) is 2.31. The van der Waals surface area contributed by atoms with E-state index in [2.05, 4.69) is 5.32 Å². The highest BCUT2D eigenvalue weighted by Crippen LogP contribution is 2.35. The quantitative estimate of drug-likeness (QED) is 0.635. The van der Waals surface area contributed by atoms with Crippen molar-refractivity contribution in [1.29, 1.82) is 5.26 Å². The van der Waals surface area contributed by atoms with Gasteiger partial charge in [-0.05, 0) is 31.2 Å². The Bertz CT molecular complexity index is 865. The molecule has 2 rings (SSSR count). The molecule has 0 radical (unpaired) electrons. The molecule has 1 amide bonds. The van der Waals surface area contributed by atoms with E-state index in [-0.39, 0.29) is 5.57 Å². The molecule has 134 valence electrons. The highest BCUT2D eigenvalue weighted by atomic mass is 16.5. The predicted octanol–water partition coefficient (Wildman–Crippen LogP) is 3.57. The van der Waals surface area contributed by atoms with Gasteiger partial charge in [0.15, 0.2) is 11.5 Å². The van der Waals surface area contributed by atoms with Crippen molar-refractivity contribution in [2.45, 2.75) is 6.92 Å². The maximum atomic E-state index is 12.4. The van der Waals surface area contributed by atoms with Crippen molar-refractivity contribution in [3.8, 4) is 23.3 Å². The van der Waals surface area contributed by atoms with Gasteiger partial charge in [0, 0.05) is 17.3 Å². The van der Waals surface area contributed by atoms with E-state index in [0.29, 0.717) is 28.5 Å². The van der Waals surface area contributed by atoms with E-state index in [1.54, 1.807) is 24.3 Å². The lowest BCUT2D eigenvalue weighted by Gasteiger charge is -2.12. The SMILES string of the molecule is COc1cc(OC)c(OC)cc1/C=C(/C#N)C(=O)Nc1ccc(C)cc1. The van der Waals surface area contributed by atoms with Crippen molar-refractivity contribution >= 4 is 17.7 Å². The van der Waals surface area contributed by atoms with E-state index < -0.39 is 5.91 Å². The Balaban J connectivity index is 2.36. The van der Waals surface area contributed by atoms with Crippen molar-refractivity contribution in [3.05, 3.63) is 53.1 Å². The fraction of sp³-hybridized carbons (Fsp3) is 0.200. The van der Waals surface area contributed by atoms with Gasteiger partial charge in [-0.15, -0.1) is 0 Å².